The van der Waals surface area contributed by atoms with Gasteiger partial charge in [-0.1, -0.05) is 125 Å². The fourth-order valence-corrected chi connectivity index (χ4v) is 5.75. The Balaban J connectivity index is 3.57. The molecule has 0 aromatic heterocycles. The van der Waals surface area contributed by atoms with Crippen LogP contribution in [0.4, 0.5) is 0 Å². The topological polar surface area (TPSA) is 66.8 Å². The Labute approximate surface area is 216 Å². The van der Waals surface area contributed by atoms with Crippen molar-refractivity contribution in [1.29, 1.82) is 0 Å². The Hall–Kier alpha value is -0.830. The minimum Gasteiger partial charge on any atom is -0.404 e. The molecule has 4 nitrogen and oxygen atoms in total. The van der Waals surface area contributed by atoms with Crippen LogP contribution in [0.1, 0.15) is 135 Å². The third kappa shape index (κ3) is 12.3. The standard InChI is InChI=1S/C30H55O4P/c1-7-13-16-24(10-4)21-27-19-20-30(34-35(31,32)33)29(23-26(12-6)18-15-9-3)28(27)22-25(11-5)17-14-8-2/h19-20,24-26H,7-18,21-23H2,1-6H3,(H2,31,32,33). The number of hydrogen-bond acceptors (Lipinski definition) is 2. The molecule has 1 rings (SSSR count). The van der Waals surface area contributed by atoms with E-state index in [4.69, 9.17) is 4.52 Å². The maximum absolute atomic E-state index is 11.9. The SMILES string of the molecule is CCCCC(CC)Cc1ccc(OP(=O)(O)O)c(CC(CC)CCCC)c1CC(CC)CCCC. The van der Waals surface area contributed by atoms with Crippen LogP contribution >= 0.6 is 7.82 Å². The van der Waals surface area contributed by atoms with Crippen molar-refractivity contribution in [2.75, 3.05) is 0 Å². The second-order valence-electron chi connectivity index (χ2n) is 10.6. The van der Waals surface area contributed by atoms with Gasteiger partial charge in [0.25, 0.3) is 0 Å². The predicted molar refractivity (Wildman–Crippen MR) is 150 cm³/mol. The Morgan fingerprint density at radius 2 is 1.11 bits per heavy atom. The Kier molecular flexibility index (Phi) is 16.2. The Morgan fingerprint density at radius 1 is 0.686 bits per heavy atom. The quantitative estimate of drug-likeness (QED) is 0.171. The first-order chi connectivity index (χ1) is 16.7. The van der Waals surface area contributed by atoms with E-state index in [1.807, 2.05) is 6.07 Å². The first-order valence-electron chi connectivity index (χ1n) is 14.6. The smallest absolute Gasteiger partial charge is 0.404 e. The molecule has 2 N–H and O–H groups in total. The molecule has 35 heavy (non-hydrogen) atoms. The van der Waals surface area contributed by atoms with E-state index >= 15 is 0 Å². The molecule has 0 saturated heterocycles. The first-order valence-corrected chi connectivity index (χ1v) is 16.1. The van der Waals surface area contributed by atoms with Crippen molar-refractivity contribution in [3.05, 3.63) is 28.8 Å². The highest BCUT2D eigenvalue weighted by Crippen LogP contribution is 2.43. The molecule has 3 atom stereocenters. The molecule has 0 radical (unpaired) electrons. The van der Waals surface area contributed by atoms with Crippen molar-refractivity contribution < 1.29 is 18.9 Å². The molecule has 0 aliphatic carbocycles. The van der Waals surface area contributed by atoms with Gasteiger partial charge in [-0.05, 0) is 59.8 Å². The fraction of sp³-hybridized carbons (Fsp3) is 0.800. The molecule has 1 aromatic rings. The molecular formula is C30H55O4P. The van der Waals surface area contributed by atoms with E-state index < -0.39 is 7.82 Å². The van der Waals surface area contributed by atoms with Gasteiger partial charge in [0.1, 0.15) is 5.75 Å². The van der Waals surface area contributed by atoms with Gasteiger partial charge >= 0.3 is 7.82 Å². The summed E-state index contributed by atoms with van der Waals surface area (Å²) in [5, 5.41) is 0. The highest BCUT2D eigenvalue weighted by atomic mass is 31.2. The highest BCUT2D eigenvalue weighted by Gasteiger charge is 2.25. The van der Waals surface area contributed by atoms with Crippen LogP contribution in [0.15, 0.2) is 12.1 Å². The monoisotopic (exact) mass is 510 g/mol. The molecule has 0 aliphatic rings. The van der Waals surface area contributed by atoms with Gasteiger partial charge in [-0.3, -0.25) is 9.79 Å². The summed E-state index contributed by atoms with van der Waals surface area (Å²) in [7, 11) is -4.63. The number of rotatable bonds is 20. The minimum absolute atomic E-state index is 0.402. The van der Waals surface area contributed by atoms with E-state index in [1.54, 1.807) is 0 Å². The molecule has 0 aliphatic heterocycles. The Bertz CT molecular complexity index is 742. The first kappa shape index (κ1) is 32.2. The third-order valence-electron chi connectivity index (χ3n) is 7.83. The summed E-state index contributed by atoms with van der Waals surface area (Å²) in [5.74, 6) is 2.14. The summed E-state index contributed by atoms with van der Waals surface area (Å²) in [6.45, 7) is 13.5. The lowest BCUT2D eigenvalue weighted by atomic mass is 9.80. The zero-order valence-electron chi connectivity index (χ0n) is 23.7. The van der Waals surface area contributed by atoms with Gasteiger partial charge in [0, 0.05) is 0 Å². The van der Waals surface area contributed by atoms with E-state index in [1.165, 1.54) is 62.5 Å². The van der Waals surface area contributed by atoms with Crippen molar-refractivity contribution in [3.63, 3.8) is 0 Å². The van der Waals surface area contributed by atoms with Crippen molar-refractivity contribution in [2.45, 2.75) is 138 Å². The van der Waals surface area contributed by atoms with E-state index in [-0.39, 0.29) is 0 Å². The lowest BCUT2D eigenvalue weighted by molar-refractivity contribution is 0.281. The van der Waals surface area contributed by atoms with E-state index in [0.717, 1.165) is 50.5 Å². The number of phosphoric acid groups is 1. The van der Waals surface area contributed by atoms with Gasteiger partial charge in [-0.2, -0.15) is 0 Å². The summed E-state index contributed by atoms with van der Waals surface area (Å²) >= 11 is 0. The van der Waals surface area contributed by atoms with Crippen molar-refractivity contribution in [1.82, 2.24) is 0 Å². The van der Waals surface area contributed by atoms with Crippen LogP contribution in [0.3, 0.4) is 0 Å². The predicted octanol–water partition coefficient (Wildman–Crippen LogP) is 9.43. The number of hydrogen-bond donors (Lipinski definition) is 2. The maximum Gasteiger partial charge on any atom is 0.524 e. The molecule has 0 spiro atoms. The van der Waals surface area contributed by atoms with E-state index in [9.17, 15) is 14.4 Å². The number of benzene rings is 1. The largest absolute Gasteiger partial charge is 0.524 e. The van der Waals surface area contributed by atoms with Crippen LogP contribution < -0.4 is 4.52 Å². The van der Waals surface area contributed by atoms with Crippen molar-refractivity contribution in [3.8, 4) is 5.75 Å². The van der Waals surface area contributed by atoms with E-state index in [2.05, 4.69) is 47.6 Å². The summed E-state index contributed by atoms with van der Waals surface area (Å²) in [6, 6.07) is 3.96. The van der Waals surface area contributed by atoms with Crippen LogP contribution in [-0.4, -0.2) is 9.79 Å². The van der Waals surface area contributed by atoms with Gasteiger partial charge < -0.3 is 4.52 Å². The molecule has 5 heteroatoms. The zero-order valence-corrected chi connectivity index (χ0v) is 24.5. The minimum atomic E-state index is -4.63. The lowest BCUT2D eigenvalue weighted by Gasteiger charge is -2.26. The molecule has 0 saturated carbocycles. The van der Waals surface area contributed by atoms with Crippen LogP contribution in [0.5, 0.6) is 5.75 Å². The fourth-order valence-electron chi connectivity index (χ4n) is 5.32. The van der Waals surface area contributed by atoms with Crippen LogP contribution in [-0.2, 0) is 23.8 Å². The number of unbranched alkanes of at least 4 members (excludes halogenated alkanes) is 3. The molecule has 3 unspecified atom stereocenters. The van der Waals surface area contributed by atoms with Gasteiger partial charge in [0.15, 0.2) is 0 Å². The second kappa shape index (κ2) is 17.6. The molecule has 204 valence electrons. The zero-order chi connectivity index (χ0) is 26.3. The summed E-state index contributed by atoms with van der Waals surface area (Å²) < 4.78 is 17.2. The lowest BCUT2D eigenvalue weighted by Crippen LogP contribution is -2.15. The van der Waals surface area contributed by atoms with Crippen LogP contribution in [0, 0.1) is 17.8 Å². The summed E-state index contributed by atoms with van der Waals surface area (Å²) in [6.07, 6.45) is 17.1. The highest BCUT2D eigenvalue weighted by molar-refractivity contribution is 7.46. The van der Waals surface area contributed by atoms with Crippen LogP contribution in [0.25, 0.3) is 0 Å². The van der Waals surface area contributed by atoms with Gasteiger partial charge in [0.2, 0.25) is 0 Å². The average molecular weight is 511 g/mol. The average Bonchev–Trinajstić information content (AvgIpc) is 2.83. The normalized spacial score (nSPS) is 14.6. The molecule has 1 aromatic carbocycles. The molecule has 0 amide bonds. The third-order valence-corrected chi connectivity index (χ3v) is 8.26. The second-order valence-corrected chi connectivity index (χ2v) is 11.8. The van der Waals surface area contributed by atoms with Crippen molar-refractivity contribution >= 4 is 7.82 Å². The van der Waals surface area contributed by atoms with Gasteiger partial charge in [-0.25, -0.2) is 4.57 Å². The van der Waals surface area contributed by atoms with Gasteiger partial charge in [0.05, 0.1) is 0 Å². The van der Waals surface area contributed by atoms with Crippen LogP contribution in [0.2, 0.25) is 0 Å². The van der Waals surface area contributed by atoms with E-state index in [0.29, 0.717) is 23.5 Å². The Morgan fingerprint density at radius 3 is 1.51 bits per heavy atom. The maximum atomic E-state index is 11.9. The molecule has 0 fully saturated rings. The summed E-state index contributed by atoms with van der Waals surface area (Å²) in [5.41, 5.74) is 3.76. The molecule has 0 bridgehead atoms. The molecule has 0 heterocycles. The molecular weight excluding hydrogens is 455 g/mol. The number of phosphoric ester groups is 1. The van der Waals surface area contributed by atoms with Crippen molar-refractivity contribution in [2.24, 2.45) is 17.8 Å². The summed E-state index contributed by atoms with van der Waals surface area (Å²) in [4.78, 5) is 19.4. The van der Waals surface area contributed by atoms with Gasteiger partial charge in [-0.15, -0.1) is 0 Å².